The van der Waals surface area contributed by atoms with Crippen LogP contribution in [0.1, 0.15) is 40.4 Å². The highest BCUT2D eigenvalue weighted by molar-refractivity contribution is 7.90. The van der Waals surface area contributed by atoms with E-state index in [1.54, 1.807) is 11.6 Å². The molecule has 1 heterocycles. The highest BCUT2D eigenvalue weighted by Crippen LogP contribution is 2.27. The molecular weight excluding hydrogens is 412 g/mol. The monoisotopic (exact) mass is 438 g/mol. The minimum Gasteiger partial charge on any atom is -0.493 e. The standard InChI is InChI=1S/C19H26N4O6S/c1-5-14-16(17(18(20)24)22-23(14)9-10-28-3)21-19(25)13-11-12(30(4,26)27)7-8-15(13)29-6-2/h7-8,11H,5-6,9-10H2,1-4H3,(H2,20,24)(H,21,25). The topological polar surface area (TPSA) is 143 Å². The van der Waals surface area contributed by atoms with Crippen LogP contribution >= 0.6 is 0 Å². The van der Waals surface area contributed by atoms with Gasteiger partial charge in [0.25, 0.3) is 11.8 Å². The van der Waals surface area contributed by atoms with Crippen molar-refractivity contribution in [3.8, 4) is 5.75 Å². The lowest BCUT2D eigenvalue weighted by Gasteiger charge is -2.13. The summed E-state index contributed by atoms with van der Waals surface area (Å²) in [5, 5.41) is 6.86. The van der Waals surface area contributed by atoms with Gasteiger partial charge in [0.1, 0.15) is 5.75 Å². The van der Waals surface area contributed by atoms with Gasteiger partial charge in [-0.25, -0.2) is 8.42 Å². The first-order chi connectivity index (χ1) is 14.1. The van der Waals surface area contributed by atoms with Crippen molar-refractivity contribution in [1.29, 1.82) is 0 Å². The summed E-state index contributed by atoms with van der Waals surface area (Å²) in [7, 11) is -2.01. The van der Waals surface area contributed by atoms with E-state index in [2.05, 4.69) is 10.4 Å². The van der Waals surface area contributed by atoms with Gasteiger partial charge in [0.2, 0.25) is 0 Å². The number of amides is 2. The maximum atomic E-state index is 13.1. The molecule has 11 heteroatoms. The average molecular weight is 439 g/mol. The van der Waals surface area contributed by atoms with Crippen molar-refractivity contribution in [3.63, 3.8) is 0 Å². The number of primary amides is 1. The smallest absolute Gasteiger partial charge is 0.271 e. The van der Waals surface area contributed by atoms with E-state index in [1.165, 1.54) is 25.3 Å². The number of carbonyl (C=O) groups is 2. The van der Waals surface area contributed by atoms with Crippen LogP contribution in [0.25, 0.3) is 0 Å². The van der Waals surface area contributed by atoms with Gasteiger partial charge in [0.05, 0.1) is 41.6 Å². The van der Waals surface area contributed by atoms with Gasteiger partial charge in [-0.15, -0.1) is 0 Å². The molecule has 2 amide bonds. The van der Waals surface area contributed by atoms with Gasteiger partial charge in [-0.05, 0) is 31.5 Å². The van der Waals surface area contributed by atoms with Crippen molar-refractivity contribution in [2.24, 2.45) is 5.73 Å². The summed E-state index contributed by atoms with van der Waals surface area (Å²) in [6.45, 7) is 4.58. The van der Waals surface area contributed by atoms with Gasteiger partial charge < -0.3 is 20.5 Å². The molecule has 3 N–H and O–H groups in total. The fraction of sp³-hybridized carbons (Fsp3) is 0.421. The van der Waals surface area contributed by atoms with E-state index in [4.69, 9.17) is 15.2 Å². The van der Waals surface area contributed by atoms with E-state index in [1.807, 2.05) is 6.92 Å². The highest BCUT2D eigenvalue weighted by Gasteiger charge is 2.24. The number of sulfone groups is 1. The molecule has 0 unspecified atom stereocenters. The van der Waals surface area contributed by atoms with Gasteiger partial charge in [0, 0.05) is 13.4 Å². The number of aromatic nitrogens is 2. The molecule has 0 aliphatic heterocycles. The van der Waals surface area contributed by atoms with Crippen LogP contribution in [0.3, 0.4) is 0 Å². The molecule has 0 saturated carbocycles. The molecule has 30 heavy (non-hydrogen) atoms. The number of anilines is 1. The molecule has 0 saturated heterocycles. The number of benzene rings is 1. The van der Waals surface area contributed by atoms with Gasteiger partial charge in [-0.1, -0.05) is 6.92 Å². The Bertz CT molecular complexity index is 1050. The maximum Gasteiger partial charge on any atom is 0.271 e. The van der Waals surface area contributed by atoms with Gasteiger partial charge in [-0.3, -0.25) is 14.3 Å². The summed E-state index contributed by atoms with van der Waals surface area (Å²) in [5.41, 5.74) is 6.15. The van der Waals surface area contributed by atoms with E-state index < -0.39 is 21.7 Å². The lowest BCUT2D eigenvalue weighted by molar-refractivity contribution is 0.0995. The number of carbonyl (C=O) groups excluding carboxylic acids is 2. The zero-order chi connectivity index (χ0) is 22.5. The first-order valence-corrected chi connectivity index (χ1v) is 11.2. The number of nitrogens with zero attached hydrogens (tertiary/aromatic N) is 2. The van der Waals surface area contributed by atoms with E-state index in [9.17, 15) is 18.0 Å². The highest BCUT2D eigenvalue weighted by atomic mass is 32.2. The molecule has 1 aromatic carbocycles. The molecule has 0 spiro atoms. The molecular formula is C19H26N4O6S. The number of nitrogens with one attached hydrogen (secondary N) is 1. The summed E-state index contributed by atoms with van der Waals surface area (Å²) in [6, 6.07) is 4.03. The fourth-order valence-electron chi connectivity index (χ4n) is 2.90. The largest absolute Gasteiger partial charge is 0.493 e. The third-order valence-corrected chi connectivity index (χ3v) is 5.41. The number of nitrogens with two attached hydrogens (primary N) is 1. The molecule has 2 aromatic rings. The Balaban J connectivity index is 2.53. The molecule has 0 radical (unpaired) electrons. The summed E-state index contributed by atoms with van der Waals surface area (Å²) in [4.78, 5) is 24.9. The van der Waals surface area contributed by atoms with E-state index in [0.717, 1.165) is 6.26 Å². The van der Waals surface area contributed by atoms with Gasteiger partial charge >= 0.3 is 0 Å². The minimum absolute atomic E-state index is 0.0156. The van der Waals surface area contributed by atoms with Crippen molar-refractivity contribution in [1.82, 2.24) is 9.78 Å². The number of methoxy groups -OCH3 is 1. The maximum absolute atomic E-state index is 13.1. The lowest BCUT2D eigenvalue weighted by atomic mass is 10.1. The zero-order valence-electron chi connectivity index (χ0n) is 17.4. The van der Waals surface area contributed by atoms with Crippen molar-refractivity contribution in [3.05, 3.63) is 35.2 Å². The second-order valence-corrected chi connectivity index (χ2v) is 8.44. The fourth-order valence-corrected chi connectivity index (χ4v) is 3.55. The minimum atomic E-state index is -3.54. The van der Waals surface area contributed by atoms with Crippen LogP contribution in [0, 0.1) is 0 Å². The molecule has 2 rings (SSSR count). The van der Waals surface area contributed by atoms with Crippen molar-refractivity contribution in [2.45, 2.75) is 31.7 Å². The predicted molar refractivity (Wildman–Crippen MR) is 111 cm³/mol. The average Bonchev–Trinajstić information content (AvgIpc) is 3.03. The number of ether oxygens (including phenoxy) is 2. The molecule has 0 aliphatic rings. The second-order valence-electron chi connectivity index (χ2n) is 6.42. The van der Waals surface area contributed by atoms with Crippen molar-refractivity contribution >= 4 is 27.3 Å². The van der Waals surface area contributed by atoms with Gasteiger partial charge in [0.15, 0.2) is 15.5 Å². The Morgan fingerprint density at radius 3 is 2.50 bits per heavy atom. The molecule has 164 valence electrons. The molecule has 0 bridgehead atoms. The SMILES string of the molecule is CCOc1ccc(S(C)(=O)=O)cc1C(=O)Nc1c(C(N)=O)nn(CCOC)c1CC. The summed E-state index contributed by atoms with van der Waals surface area (Å²) in [6.07, 6.45) is 1.51. The van der Waals surface area contributed by atoms with Crippen LogP contribution in [-0.2, 0) is 27.5 Å². The van der Waals surface area contributed by atoms with Crippen LogP contribution in [0.5, 0.6) is 5.75 Å². The first kappa shape index (κ1) is 23.4. The molecule has 10 nitrogen and oxygen atoms in total. The van der Waals surface area contributed by atoms with Crippen LogP contribution in [0.15, 0.2) is 23.1 Å². The normalized spacial score (nSPS) is 11.3. The number of rotatable bonds is 10. The number of hydrogen-bond acceptors (Lipinski definition) is 7. The lowest BCUT2D eigenvalue weighted by Crippen LogP contribution is -2.19. The van der Waals surface area contributed by atoms with Crippen LogP contribution in [-0.4, -0.2) is 56.6 Å². The zero-order valence-corrected chi connectivity index (χ0v) is 18.2. The quantitative estimate of drug-likeness (QED) is 0.568. The molecule has 1 aromatic heterocycles. The Morgan fingerprint density at radius 2 is 1.97 bits per heavy atom. The summed E-state index contributed by atoms with van der Waals surface area (Å²) in [5.74, 6) is -1.23. The summed E-state index contributed by atoms with van der Waals surface area (Å²) < 4.78 is 35.9. The van der Waals surface area contributed by atoms with E-state index >= 15 is 0 Å². The van der Waals surface area contributed by atoms with E-state index in [0.29, 0.717) is 25.3 Å². The second kappa shape index (κ2) is 9.72. The molecule has 0 fully saturated rings. The Hall–Kier alpha value is -2.92. The Labute approximate surface area is 175 Å². The van der Waals surface area contributed by atoms with E-state index in [-0.39, 0.29) is 34.2 Å². The Kier molecular flexibility index (Phi) is 7.57. The van der Waals surface area contributed by atoms with Crippen LogP contribution < -0.4 is 15.8 Å². The van der Waals surface area contributed by atoms with Crippen LogP contribution in [0.2, 0.25) is 0 Å². The predicted octanol–water partition coefficient (Wildman–Crippen LogP) is 1.25. The first-order valence-electron chi connectivity index (χ1n) is 9.30. The Morgan fingerprint density at radius 1 is 1.27 bits per heavy atom. The third-order valence-electron chi connectivity index (χ3n) is 4.30. The molecule has 0 aliphatic carbocycles. The van der Waals surface area contributed by atoms with Crippen LogP contribution in [0.4, 0.5) is 5.69 Å². The third kappa shape index (κ3) is 5.16. The van der Waals surface area contributed by atoms with Crippen molar-refractivity contribution in [2.75, 3.05) is 31.9 Å². The summed E-state index contributed by atoms with van der Waals surface area (Å²) >= 11 is 0. The number of hydrogen-bond donors (Lipinski definition) is 2. The molecule has 0 atom stereocenters. The van der Waals surface area contributed by atoms with Crippen molar-refractivity contribution < 1.29 is 27.5 Å². The van der Waals surface area contributed by atoms with Gasteiger partial charge in [-0.2, -0.15) is 5.10 Å².